The molecule has 1 aromatic rings. The zero-order valence-electron chi connectivity index (χ0n) is 12.2. The van der Waals surface area contributed by atoms with Gasteiger partial charge in [0.2, 0.25) is 0 Å². The molecule has 1 unspecified atom stereocenters. The van der Waals surface area contributed by atoms with E-state index in [0.717, 1.165) is 42.9 Å². The van der Waals surface area contributed by atoms with Gasteiger partial charge in [-0.3, -0.25) is 0 Å². The van der Waals surface area contributed by atoms with Crippen molar-refractivity contribution in [2.24, 2.45) is 0 Å². The van der Waals surface area contributed by atoms with Crippen molar-refractivity contribution in [1.29, 1.82) is 0 Å². The summed E-state index contributed by atoms with van der Waals surface area (Å²) >= 11 is 6.26. The highest BCUT2D eigenvalue weighted by Crippen LogP contribution is 2.44. The van der Waals surface area contributed by atoms with Crippen molar-refractivity contribution in [2.45, 2.75) is 50.7 Å². The average molecular weight is 296 g/mol. The van der Waals surface area contributed by atoms with Crippen LogP contribution in [0.3, 0.4) is 0 Å². The van der Waals surface area contributed by atoms with Crippen molar-refractivity contribution >= 4 is 11.6 Å². The largest absolute Gasteiger partial charge is 0.493 e. The van der Waals surface area contributed by atoms with Crippen LogP contribution in [-0.4, -0.2) is 19.8 Å². The van der Waals surface area contributed by atoms with Crippen molar-refractivity contribution in [3.63, 3.8) is 0 Å². The third kappa shape index (κ3) is 2.49. The van der Waals surface area contributed by atoms with Crippen LogP contribution in [0.2, 0.25) is 5.02 Å². The Morgan fingerprint density at radius 3 is 2.65 bits per heavy atom. The van der Waals surface area contributed by atoms with Gasteiger partial charge < -0.3 is 14.8 Å². The summed E-state index contributed by atoms with van der Waals surface area (Å²) in [6, 6.07) is 3.87. The molecule has 0 amide bonds. The van der Waals surface area contributed by atoms with Gasteiger partial charge in [0.15, 0.2) is 11.5 Å². The van der Waals surface area contributed by atoms with Crippen LogP contribution < -0.4 is 14.8 Å². The molecule has 1 saturated carbocycles. The molecular formula is C16H22ClNO2. The lowest BCUT2D eigenvalue weighted by molar-refractivity contribution is 0.112. The first-order chi connectivity index (χ1) is 9.62. The number of ether oxygens (including phenoxy) is 2. The monoisotopic (exact) mass is 295 g/mol. The molecule has 1 aliphatic heterocycles. The second-order valence-electron chi connectivity index (χ2n) is 6.02. The van der Waals surface area contributed by atoms with Gasteiger partial charge in [0.05, 0.1) is 13.2 Å². The van der Waals surface area contributed by atoms with Gasteiger partial charge in [-0.05, 0) is 51.6 Å². The maximum atomic E-state index is 6.26. The number of nitrogens with one attached hydrogen (secondary N) is 1. The highest BCUT2D eigenvalue weighted by Gasteiger charge is 2.35. The minimum absolute atomic E-state index is 0.0722. The van der Waals surface area contributed by atoms with Gasteiger partial charge in [0.25, 0.3) is 0 Å². The summed E-state index contributed by atoms with van der Waals surface area (Å²) in [5.41, 5.74) is 1.06. The number of hydrogen-bond acceptors (Lipinski definition) is 3. The Bertz CT molecular complexity index is 493. The second kappa shape index (κ2) is 5.45. The molecule has 1 aliphatic carbocycles. The van der Waals surface area contributed by atoms with E-state index >= 15 is 0 Å². The molecule has 1 aromatic carbocycles. The molecule has 2 fully saturated rings. The molecule has 2 aliphatic rings. The van der Waals surface area contributed by atoms with Crippen LogP contribution in [-0.2, 0) is 5.54 Å². The van der Waals surface area contributed by atoms with Crippen molar-refractivity contribution in [3.8, 4) is 11.5 Å². The fourth-order valence-electron chi connectivity index (χ4n) is 3.03. The highest BCUT2D eigenvalue weighted by molar-refractivity contribution is 6.30. The van der Waals surface area contributed by atoms with E-state index in [2.05, 4.69) is 12.2 Å². The summed E-state index contributed by atoms with van der Waals surface area (Å²) in [5.74, 6) is 1.62. The summed E-state index contributed by atoms with van der Waals surface area (Å²) in [7, 11) is 1.67. The maximum absolute atomic E-state index is 6.26. The quantitative estimate of drug-likeness (QED) is 0.914. The minimum Gasteiger partial charge on any atom is -0.493 e. The van der Waals surface area contributed by atoms with Gasteiger partial charge >= 0.3 is 0 Å². The predicted molar refractivity (Wildman–Crippen MR) is 80.9 cm³/mol. The molecule has 0 radical (unpaired) electrons. The van der Waals surface area contributed by atoms with Crippen LogP contribution in [0.15, 0.2) is 12.1 Å². The van der Waals surface area contributed by atoms with Gasteiger partial charge in [0, 0.05) is 22.2 Å². The molecule has 3 rings (SSSR count). The Balaban J connectivity index is 2.02. The molecule has 110 valence electrons. The summed E-state index contributed by atoms with van der Waals surface area (Å²) in [6.07, 6.45) is 6.12. The van der Waals surface area contributed by atoms with Gasteiger partial charge in [-0.15, -0.1) is 0 Å². The third-order valence-corrected chi connectivity index (χ3v) is 4.76. The molecule has 1 atom stereocenters. The predicted octanol–water partition coefficient (Wildman–Crippen LogP) is 3.88. The zero-order valence-corrected chi connectivity index (χ0v) is 12.9. The number of hydrogen-bond donors (Lipinski definition) is 1. The Kier molecular flexibility index (Phi) is 3.83. The Morgan fingerprint density at radius 2 is 2.10 bits per heavy atom. The second-order valence-corrected chi connectivity index (χ2v) is 6.45. The van der Waals surface area contributed by atoms with Crippen LogP contribution in [0.4, 0.5) is 0 Å². The normalized spacial score (nSPS) is 26.4. The molecule has 4 heteroatoms. The van der Waals surface area contributed by atoms with Crippen molar-refractivity contribution in [3.05, 3.63) is 22.7 Å². The number of rotatable bonds is 4. The van der Waals surface area contributed by atoms with Gasteiger partial charge in [-0.1, -0.05) is 11.6 Å². The molecule has 20 heavy (non-hydrogen) atoms. The van der Waals surface area contributed by atoms with Crippen LogP contribution >= 0.6 is 11.6 Å². The standard InChI is InChI=1S/C16H22ClNO2/c1-16(7-4-8-18-16)13-9-11(17)10-14(19-2)15(13)20-12-5-3-6-12/h9-10,12,18H,3-8H2,1-2H3. The van der Waals surface area contributed by atoms with E-state index in [1.165, 1.54) is 12.8 Å². The lowest BCUT2D eigenvalue weighted by Crippen LogP contribution is -2.35. The maximum Gasteiger partial charge on any atom is 0.166 e. The van der Waals surface area contributed by atoms with E-state index in [1.807, 2.05) is 12.1 Å². The first-order valence-corrected chi connectivity index (χ1v) is 7.80. The lowest BCUT2D eigenvalue weighted by Gasteiger charge is -2.33. The first kappa shape index (κ1) is 14.0. The summed E-state index contributed by atoms with van der Waals surface area (Å²) in [6.45, 7) is 3.26. The van der Waals surface area contributed by atoms with E-state index in [-0.39, 0.29) is 5.54 Å². The highest BCUT2D eigenvalue weighted by atomic mass is 35.5. The Morgan fingerprint density at radius 1 is 1.30 bits per heavy atom. The molecular weight excluding hydrogens is 274 g/mol. The SMILES string of the molecule is COc1cc(Cl)cc(C2(C)CCCN2)c1OC1CCC1. The first-order valence-electron chi connectivity index (χ1n) is 7.42. The van der Waals surface area contributed by atoms with Crippen molar-refractivity contribution in [2.75, 3.05) is 13.7 Å². The smallest absolute Gasteiger partial charge is 0.166 e. The topological polar surface area (TPSA) is 30.5 Å². The van der Waals surface area contributed by atoms with Gasteiger partial charge in [-0.2, -0.15) is 0 Å². The molecule has 0 aromatic heterocycles. The number of methoxy groups -OCH3 is 1. The van der Waals surface area contributed by atoms with Crippen LogP contribution in [0, 0.1) is 0 Å². The van der Waals surface area contributed by atoms with Crippen LogP contribution in [0.5, 0.6) is 11.5 Å². The Labute approximate surface area is 125 Å². The van der Waals surface area contributed by atoms with E-state index < -0.39 is 0 Å². The van der Waals surface area contributed by atoms with Crippen molar-refractivity contribution in [1.82, 2.24) is 5.32 Å². The molecule has 3 nitrogen and oxygen atoms in total. The molecule has 0 bridgehead atoms. The van der Waals surface area contributed by atoms with E-state index in [9.17, 15) is 0 Å². The molecule has 1 saturated heterocycles. The van der Waals surface area contributed by atoms with Crippen LogP contribution in [0.25, 0.3) is 0 Å². The minimum atomic E-state index is -0.0722. The molecule has 1 heterocycles. The van der Waals surface area contributed by atoms with Gasteiger partial charge in [0.1, 0.15) is 0 Å². The molecule has 1 N–H and O–H groups in total. The summed E-state index contributed by atoms with van der Waals surface area (Å²) in [4.78, 5) is 0. The average Bonchev–Trinajstić information content (AvgIpc) is 2.82. The van der Waals surface area contributed by atoms with E-state index in [4.69, 9.17) is 21.1 Å². The van der Waals surface area contributed by atoms with E-state index in [1.54, 1.807) is 7.11 Å². The zero-order chi connectivity index (χ0) is 14.2. The summed E-state index contributed by atoms with van der Waals surface area (Å²) in [5, 5.41) is 4.28. The third-order valence-electron chi connectivity index (χ3n) is 4.54. The molecule has 0 spiro atoms. The van der Waals surface area contributed by atoms with E-state index in [0.29, 0.717) is 11.1 Å². The fraction of sp³-hybridized carbons (Fsp3) is 0.625. The number of halogens is 1. The Hall–Kier alpha value is -0.930. The fourth-order valence-corrected chi connectivity index (χ4v) is 3.24. The van der Waals surface area contributed by atoms with Crippen LogP contribution in [0.1, 0.15) is 44.6 Å². The lowest BCUT2D eigenvalue weighted by atomic mass is 9.89. The summed E-state index contributed by atoms with van der Waals surface area (Å²) < 4.78 is 11.7. The van der Waals surface area contributed by atoms with Gasteiger partial charge in [-0.25, -0.2) is 0 Å². The number of benzene rings is 1. The van der Waals surface area contributed by atoms with Crippen molar-refractivity contribution < 1.29 is 9.47 Å².